The Balaban J connectivity index is 2.16. The molecule has 19 heavy (non-hydrogen) atoms. The van der Waals surface area contributed by atoms with Crippen LogP contribution in [-0.4, -0.2) is 23.7 Å². The summed E-state index contributed by atoms with van der Waals surface area (Å²) in [6.45, 7) is 5.30. The lowest BCUT2D eigenvalue weighted by atomic mass is 9.96. The molecule has 0 radical (unpaired) electrons. The third-order valence-electron chi connectivity index (χ3n) is 3.98. The van der Waals surface area contributed by atoms with Crippen LogP contribution in [-0.2, 0) is 4.79 Å². The van der Waals surface area contributed by atoms with Gasteiger partial charge in [-0.1, -0.05) is 17.7 Å². The van der Waals surface area contributed by atoms with Crippen LogP contribution in [0.15, 0.2) is 18.2 Å². The average molecular weight is 261 g/mol. The van der Waals surface area contributed by atoms with Crippen LogP contribution in [0.5, 0.6) is 0 Å². The van der Waals surface area contributed by atoms with Gasteiger partial charge in [-0.2, -0.15) is 0 Å². The molecule has 1 aromatic carbocycles. The van der Waals surface area contributed by atoms with Crippen molar-refractivity contribution in [3.05, 3.63) is 29.3 Å². The molecule has 1 aliphatic rings. The van der Waals surface area contributed by atoms with E-state index < -0.39 is 5.97 Å². The first kappa shape index (κ1) is 13.9. The van der Waals surface area contributed by atoms with E-state index >= 15 is 0 Å². The van der Waals surface area contributed by atoms with Gasteiger partial charge in [0.25, 0.3) is 0 Å². The fraction of sp³-hybridized carbons (Fsp3) is 0.562. The highest BCUT2D eigenvalue weighted by Crippen LogP contribution is 2.30. The number of anilines is 1. The van der Waals surface area contributed by atoms with Crippen molar-refractivity contribution < 1.29 is 9.90 Å². The molecule has 0 spiro atoms. The monoisotopic (exact) mass is 261 g/mol. The van der Waals surface area contributed by atoms with Crippen molar-refractivity contribution >= 4 is 11.7 Å². The maximum Gasteiger partial charge on any atom is 0.303 e. The summed E-state index contributed by atoms with van der Waals surface area (Å²) in [6.07, 6.45) is 4.55. The van der Waals surface area contributed by atoms with E-state index in [1.54, 1.807) is 0 Å². The molecule has 3 heteroatoms. The zero-order chi connectivity index (χ0) is 13.8. The van der Waals surface area contributed by atoms with Gasteiger partial charge in [0.1, 0.15) is 0 Å². The Kier molecular flexibility index (Phi) is 4.46. The predicted molar refractivity (Wildman–Crippen MR) is 77.8 cm³/mol. The van der Waals surface area contributed by atoms with Gasteiger partial charge >= 0.3 is 5.97 Å². The van der Waals surface area contributed by atoms with Crippen LogP contribution < -0.4 is 4.90 Å². The summed E-state index contributed by atoms with van der Waals surface area (Å²) in [6, 6.07) is 6.92. The summed E-state index contributed by atoms with van der Waals surface area (Å²) >= 11 is 0. The largest absolute Gasteiger partial charge is 0.481 e. The number of nitrogens with zero attached hydrogens (tertiary/aromatic N) is 1. The first-order chi connectivity index (χ1) is 9.08. The molecule has 3 nitrogen and oxygen atoms in total. The summed E-state index contributed by atoms with van der Waals surface area (Å²) in [5.41, 5.74) is 3.85. The maximum atomic E-state index is 10.8. The number of piperidine rings is 1. The van der Waals surface area contributed by atoms with Crippen LogP contribution in [0.25, 0.3) is 0 Å². The number of hydrogen-bond donors (Lipinski definition) is 1. The lowest BCUT2D eigenvalue weighted by Crippen LogP contribution is -2.40. The van der Waals surface area contributed by atoms with Crippen molar-refractivity contribution in [2.24, 2.45) is 0 Å². The minimum absolute atomic E-state index is 0.270. The number of carboxylic acids is 1. The third kappa shape index (κ3) is 3.49. The lowest BCUT2D eigenvalue weighted by Gasteiger charge is -2.38. The second-order valence-electron chi connectivity index (χ2n) is 5.57. The van der Waals surface area contributed by atoms with E-state index in [-0.39, 0.29) is 6.42 Å². The van der Waals surface area contributed by atoms with Crippen LogP contribution in [0, 0.1) is 13.8 Å². The Morgan fingerprint density at radius 2 is 2.16 bits per heavy atom. The molecule has 1 atom stereocenters. The van der Waals surface area contributed by atoms with E-state index in [0.29, 0.717) is 6.04 Å². The van der Waals surface area contributed by atoms with Crippen molar-refractivity contribution in [3.63, 3.8) is 0 Å². The van der Waals surface area contributed by atoms with E-state index in [1.165, 1.54) is 29.7 Å². The van der Waals surface area contributed by atoms with Gasteiger partial charge in [-0.05, 0) is 51.2 Å². The van der Waals surface area contributed by atoms with Crippen LogP contribution in [0.1, 0.15) is 43.2 Å². The van der Waals surface area contributed by atoms with E-state index in [4.69, 9.17) is 5.11 Å². The summed E-state index contributed by atoms with van der Waals surface area (Å²) in [4.78, 5) is 13.2. The van der Waals surface area contributed by atoms with Gasteiger partial charge in [-0.25, -0.2) is 0 Å². The fourth-order valence-electron chi connectivity index (χ4n) is 3.04. The summed E-state index contributed by atoms with van der Waals surface area (Å²) in [7, 11) is 0. The second-order valence-corrected chi connectivity index (χ2v) is 5.57. The molecule has 1 aliphatic heterocycles. The third-order valence-corrected chi connectivity index (χ3v) is 3.98. The highest BCUT2D eigenvalue weighted by atomic mass is 16.4. The summed E-state index contributed by atoms with van der Waals surface area (Å²) in [5.74, 6) is -0.689. The topological polar surface area (TPSA) is 40.5 Å². The molecule has 0 aliphatic carbocycles. The molecule has 1 unspecified atom stereocenters. The quantitative estimate of drug-likeness (QED) is 0.901. The Bertz CT molecular complexity index is 456. The zero-order valence-corrected chi connectivity index (χ0v) is 11.9. The van der Waals surface area contributed by atoms with Crippen molar-refractivity contribution in [2.75, 3.05) is 11.4 Å². The van der Waals surface area contributed by atoms with Gasteiger partial charge in [-0.15, -0.1) is 0 Å². The molecule has 1 saturated heterocycles. The minimum atomic E-state index is -0.689. The van der Waals surface area contributed by atoms with Gasteiger partial charge in [0, 0.05) is 24.7 Å². The molecule has 1 fully saturated rings. The normalized spacial score (nSPS) is 19.5. The smallest absolute Gasteiger partial charge is 0.303 e. The molecule has 104 valence electrons. The predicted octanol–water partition coefficient (Wildman–Crippen LogP) is 3.53. The Hall–Kier alpha value is -1.51. The van der Waals surface area contributed by atoms with Gasteiger partial charge in [-0.3, -0.25) is 4.79 Å². The summed E-state index contributed by atoms with van der Waals surface area (Å²) < 4.78 is 0. The number of rotatable bonds is 4. The highest BCUT2D eigenvalue weighted by molar-refractivity contribution is 5.67. The van der Waals surface area contributed by atoms with Crippen molar-refractivity contribution in [1.29, 1.82) is 0 Å². The van der Waals surface area contributed by atoms with Crippen molar-refractivity contribution in [3.8, 4) is 0 Å². The standard InChI is InChI=1S/C16H23NO2/c1-12-6-8-15(13(2)11-12)17-10-4-3-5-14(17)7-9-16(18)19/h6,8,11,14H,3-5,7,9-10H2,1-2H3,(H,18,19). The van der Waals surface area contributed by atoms with E-state index in [9.17, 15) is 4.79 Å². The molecule has 2 rings (SSSR count). The molecule has 1 N–H and O–H groups in total. The van der Waals surface area contributed by atoms with Gasteiger partial charge in [0.2, 0.25) is 0 Å². The molecule has 0 saturated carbocycles. The summed E-state index contributed by atoms with van der Waals surface area (Å²) in [5, 5.41) is 8.87. The van der Waals surface area contributed by atoms with Crippen LogP contribution in [0.4, 0.5) is 5.69 Å². The molecule has 0 aromatic heterocycles. The maximum absolute atomic E-state index is 10.8. The molecular formula is C16H23NO2. The van der Waals surface area contributed by atoms with Crippen molar-refractivity contribution in [2.45, 2.75) is 52.0 Å². The molecule has 0 amide bonds. The number of aryl methyl sites for hydroxylation is 2. The fourth-order valence-corrected chi connectivity index (χ4v) is 3.04. The van der Waals surface area contributed by atoms with Crippen molar-refractivity contribution in [1.82, 2.24) is 0 Å². The Morgan fingerprint density at radius 3 is 2.84 bits per heavy atom. The van der Waals surface area contributed by atoms with Crippen LogP contribution >= 0.6 is 0 Å². The second kappa shape index (κ2) is 6.09. The SMILES string of the molecule is Cc1ccc(N2CCCCC2CCC(=O)O)c(C)c1. The number of hydrogen-bond acceptors (Lipinski definition) is 2. The first-order valence-electron chi connectivity index (χ1n) is 7.13. The first-order valence-corrected chi connectivity index (χ1v) is 7.13. The Morgan fingerprint density at radius 1 is 1.37 bits per heavy atom. The molecule has 1 heterocycles. The Labute approximate surface area is 115 Å². The number of aliphatic carboxylic acids is 1. The van der Waals surface area contributed by atoms with Gasteiger partial charge < -0.3 is 10.0 Å². The zero-order valence-electron chi connectivity index (χ0n) is 11.9. The van der Waals surface area contributed by atoms with Crippen LogP contribution in [0.3, 0.4) is 0 Å². The molecule has 0 bridgehead atoms. The number of carbonyl (C=O) groups is 1. The van der Waals surface area contributed by atoms with E-state index in [1.807, 2.05) is 0 Å². The lowest BCUT2D eigenvalue weighted by molar-refractivity contribution is -0.137. The van der Waals surface area contributed by atoms with Gasteiger partial charge in [0.15, 0.2) is 0 Å². The average Bonchev–Trinajstić information content (AvgIpc) is 2.37. The van der Waals surface area contributed by atoms with Gasteiger partial charge in [0.05, 0.1) is 0 Å². The number of benzene rings is 1. The van der Waals surface area contributed by atoms with E-state index in [0.717, 1.165) is 19.4 Å². The van der Waals surface area contributed by atoms with Crippen LogP contribution in [0.2, 0.25) is 0 Å². The minimum Gasteiger partial charge on any atom is -0.481 e. The number of carboxylic acid groups (broad SMARTS) is 1. The highest BCUT2D eigenvalue weighted by Gasteiger charge is 2.24. The molecular weight excluding hydrogens is 238 g/mol. The molecule has 1 aromatic rings. The van der Waals surface area contributed by atoms with E-state index in [2.05, 4.69) is 36.9 Å².